The highest BCUT2D eigenvalue weighted by molar-refractivity contribution is 5.64. The molecule has 0 fully saturated rings. The van der Waals surface area contributed by atoms with Crippen molar-refractivity contribution in [1.82, 2.24) is 34.6 Å². The molecule has 4 aromatic rings. The van der Waals surface area contributed by atoms with Crippen LogP contribution in [0.1, 0.15) is 27.9 Å². The molecule has 0 bridgehead atoms. The fourth-order valence-corrected chi connectivity index (χ4v) is 4.06. The van der Waals surface area contributed by atoms with E-state index in [0.29, 0.717) is 0 Å². The standard InChI is InChI=1S/C20H22N8/c1-12-8-23-26(4)18(12)15-7-16-10-27(6-5-17(16)21-9-15)20-14(3)13(2)19-24-22-11-28(19)25-20/h7-9,11H,5-6,10H2,1-4H3. The molecule has 0 radical (unpaired) electrons. The second-order valence-corrected chi connectivity index (χ2v) is 7.47. The van der Waals surface area contributed by atoms with Gasteiger partial charge in [-0.05, 0) is 38.0 Å². The first-order valence-corrected chi connectivity index (χ1v) is 9.42. The highest BCUT2D eigenvalue weighted by atomic mass is 15.4. The van der Waals surface area contributed by atoms with E-state index in [9.17, 15) is 0 Å². The van der Waals surface area contributed by atoms with Gasteiger partial charge in [-0.25, -0.2) is 0 Å². The molecule has 8 nitrogen and oxygen atoms in total. The van der Waals surface area contributed by atoms with Gasteiger partial charge < -0.3 is 4.90 Å². The van der Waals surface area contributed by atoms with E-state index in [1.807, 2.05) is 24.1 Å². The molecule has 0 unspecified atom stereocenters. The van der Waals surface area contributed by atoms with Crippen LogP contribution in [0.2, 0.25) is 0 Å². The van der Waals surface area contributed by atoms with Gasteiger partial charge in [-0.15, -0.1) is 15.3 Å². The molecule has 5 rings (SSSR count). The maximum Gasteiger partial charge on any atom is 0.180 e. The van der Waals surface area contributed by atoms with Crippen LogP contribution >= 0.6 is 0 Å². The molecule has 0 aliphatic carbocycles. The Hall–Kier alpha value is -3.29. The zero-order valence-electron chi connectivity index (χ0n) is 16.5. The second kappa shape index (κ2) is 6.12. The smallest absolute Gasteiger partial charge is 0.180 e. The van der Waals surface area contributed by atoms with Crippen molar-refractivity contribution in [3.05, 3.63) is 52.7 Å². The van der Waals surface area contributed by atoms with E-state index in [1.54, 1.807) is 10.8 Å². The van der Waals surface area contributed by atoms with E-state index in [0.717, 1.165) is 58.9 Å². The Balaban J connectivity index is 1.55. The summed E-state index contributed by atoms with van der Waals surface area (Å²) in [6, 6.07) is 2.25. The number of rotatable bonds is 2. The summed E-state index contributed by atoms with van der Waals surface area (Å²) < 4.78 is 3.68. The first-order valence-electron chi connectivity index (χ1n) is 9.42. The summed E-state index contributed by atoms with van der Waals surface area (Å²) >= 11 is 0. The van der Waals surface area contributed by atoms with Crippen LogP contribution in [0.15, 0.2) is 24.8 Å². The molecular weight excluding hydrogens is 352 g/mol. The van der Waals surface area contributed by atoms with Crippen LogP contribution in [0.5, 0.6) is 0 Å². The Labute approximate surface area is 162 Å². The summed E-state index contributed by atoms with van der Waals surface area (Å²) in [5.41, 5.74) is 8.86. The maximum absolute atomic E-state index is 4.78. The van der Waals surface area contributed by atoms with Crippen LogP contribution in [0.3, 0.4) is 0 Å². The molecule has 4 aromatic heterocycles. The number of anilines is 1. The fraction of sp³-hybridized carbons (Fsp3) is 0.350. The van der Waals surface area contributed by atoms with Crippen LogP contribution in [-0.4, -0.2) is 41.1 Å². The van der Waals surface area contributed by atoms with Gasteiger partial charge in [-0.1, -0.05) is 0 Å². The van der Waals surface area contributed by atoms with Crippen LogP contribution in [0.4, 0.5) is 5.82 Å². The van der Waals surface area contributed by atoms with Crippen molar-refractivity contribution >= 4 is 11.5 Å². The lowest BCUT2D eigenvalue weighted by molar-refractivity contribution is 0.687. The zero-order valence-corrected chi connectivity index (χ0v) is 16.5. The minimum absolute atomic E-state index is 0.786. The van der Waals surface area contributed by atoms with Crippen molar-refractivity contribution in [3.8, 4) is 11.3 Å². The van der Waals surface area contributed by atoms with Crippen molar-refractivity contribution in [2.45, 2.75) is 33.7 Å². The van der Waals surface area contributed by atoms with E-state index in [1.165, 1.54) is 11.3 Å². The van der Waals surface area contributed by atoms with E-state index in [4.69, 9.17) is 10.1 Å². The van der Waals surface area contributed by atoms with Crippen molar-refractivity contribution in [2.24, 2.45) is 7.05 Å². The monoisotopic (exact) mass is 374 g/mol. The number of aryl methyl sites for hydroxylation is 3. The van der Waals surface area contributed by atoms with Gasteiger partial charge in [0, 0.05) is 55.1 Å². The number of fused-ring (bicyclic) bond motifs is 2. The Kier molecular flexibility index (Phi) is 3.68. The maximum atomic E-state index is 4.78. The molecule has 0 spiro atoms. The first kappa shape index (κ1) is 16.9. The molecule has 0 saturated heterocycles. The topological polar surface area (TPSA) is 77.0 Å². The number of nitrogens with zero attached hydrogens (tertiary/aromatic N) is 8. The summed E-state index contributed by atoms with van der Waals surface area (Å²) in [5, 5.41) is 17.3. The summed E-state index contributed by atoms with van der Waals surface area (Å²) in [6.07, 6.45) is 6.43. The Morgan fingerprint density at radius 2 is 1.93 bits per heavy atom. The third-order valence-corrected chi connectivity index (χ3v) is 5.70. The Bertz CT molecular complexity index is 1180. The third-order valence-electron chi connectivity index (χ3n) is 5.70. The predicted molar refractivity (Wildman–Crippen MR) is 106 cm³/mol. The number of hydrogen-bond acceptors (Lipinski definition) is 6. The van der Waals surface area contributed by atoms with E-state index < -0.39 is 0 Å². The first-order chi connectivity index (χ1) is 13.5. The van der Waals surface area contributed by atoms with Crippen molar-refractivity contribution < 1.29 is 0 Å². The van der Waals surface area contributed by atoms with Crippen molar-refractivity contribution in [3.63, 3.8) is 0 Å². The summed E-state index contributed by atoms with van der Waals surface area (Å²) in [6.45, 7) is 7.94. The molecule has 28 heavy (non-hydrogen) atoms. The summed E-state index contributed by atoms with van der Waals surface area (Å²) in [7, 11) is 1.97. The minimum Gasteiger partial charge on any atom is -0.350 e. The van der Waals surface area contributed by atoms with Gasteiger partial charge in [-0.3, -0.25) is 9.67 Å². The average Bonchev–Trinajstić information content (AvgIpc) is 3.30. The largest absolute Gasteiger partial charge is 0.350 e. The molecule has 0 amide bonds. The molecular formula is C20H22N8. The normalized spacial score (nSPS) is 13.9. The average molecular weight is 374 g/mol. The van der Waals surface area contributed by atoms with E-state index >= 15 is 0 Å². The van der Waals surface area contributed by atoms with Gasteiger partial charge in [0.2, 0.25) is 0 Å². The Morgan fingerprint density at radius 1 is 1.07 bits per heavy atom. The van der Waals surface area contributed by atoms with Crippen LogP contribution in [0, 0.1) is 20.8 Å². The van der Waals surface area contributed by atoms with Gasteiger partial charge >= 0.3 is 0 Å². The van der Waals surface area contributed by atoms with E-state index in [-0.39, 0.29) is 0 Å². The van der Waals surface area contributed by atoms with Gasteiger partial charge in [0.25, 0.3) is 0 Å². The SMILES string of the molecule is Cc1cnn(C)c1-c1cnc2c(c1)CN(c1nn3cnnc3c(C)c1C)CC2. The number of aromatic nitrogens is 7. The molecule has 1 aliphatic rings. The van der Waals surface area contributed by atoms with Gasteiger partial charge in [-0.2, -0.15) is 9.61 Å². The lowest BCUT2D eigenvalue weighted by Gasteiger charge is -2.30. The van der Waals surface area contributed by atoms with Crippen LogP contribution in [0.25, 0.3) is 16.9 Å². The fourth-order valence-electron chi connectivity index (χ4n) is 4.06. The molecule has 0 N–H and O–H groups in total. The zero-order chi connectivity index (χ0) is 19.4. The number of pyridine rings is 1. The molecule has 0 aromatic carbocycles. The van der Waals surface area contributed by atoms with E-state index in [2.05, 4.69) is 47.0 Å². The molecule has 1 aliphatic heterocycles. The van der Waals surface area contributed by atoms with Crippen LogP contribution in [-0.2, 0) is 20.0 Å². The van der Waals surface area contributed by atoms with Gasteiger partial charge in [0.15, 0.2) is 11.5 Å². The highest BCUT2D eigenvalue weighted by Crippen LogP contribution is 2.30. The van der Waals surface area contributed by atoms with Crippen molar-refractivity contribution in [1.29, 1.82) is 0 Å². The summed E-state index contributed by atoms with van der Waals surface area (Å²) in [5.74, 6) is 0.984. The third kappa shape index (κ3) is 2.48. The number of hydrogen-bond donors (Lipinski definition) is 0. The highest BCUT2D eigenvalue weighted by Gasteiger charge is 2.23. The lowest BCUT2D eigenvalue weighted by Crippen LogP contribution is -2.32. The molecule has 0 atom stereocenters. The van der Waals surface area contributed by atoms with Crippen molar-refractivity contribution in [2.75, 3.05) is 11.4 Å². The quantitative estimate of drug-likeness (QED) is 0.536. The van der Waals surface area contributed by atoms with Gasteiger partial charge in [0.05, 0.1) is 11.9 Å². The minimum atomic E-state index is 0.786. The summed E-state index contributed by atoms with van der Waals surface area (Å²) in [4.78, 5) is 7.08. The molecule has 8 heteroatoms. The second-order valence-electron chi connectivity index (χ2n) is 7.47. The lowest BCUT2D eigenvalue weighted by atomic mass is 10.0. The van der Waals surface area contributed by atoms with Crippen LogP contribution < -0.4 is 4.90 Å². The molecule has 0 saturated carbocycles. The van der Waals surface area contributed by atoms with Gasteiger partial charge in [0.1, 0.15) is 6.33 Å². The Morgan fingerprint density at radius 3 is 2.71 bits per heavy atom. The molecule has 142 valence electrons. The molecule has 5 heterocycles. The predicted octanol–water partition coefficient (Wildman–Crippen LogP) is 2.41.